The predicted octanol–water partition coefficient (Wildman–Crippen LogP) is 0.851. The number of guanidine groups is 1. The van der Waals surface area contributed by atoms with Gasteiger partial charge >= 0.3 is 0 Å². The summed E-state index contributed by atoms with van der Waals surface area (Å²) >= 11 is 1.38. The Hall–Kier alpha value is -2.52. The molecule has 1 amide bonds. The molecule has 0 spiro atoms. The maximum absolute atomic E-state index is 13.3. The van der Waals surface area contributed by atoms with E-state index in [4.69, 9.17) is 17.2 Å². The van der Waals surface area contributed by atoms with E-state index in [2.05, 4.69) is 9.98 Å². The molecule has 0 bridgehead atoms. The first-order chi connectivity index (χ1) is 13.0. The van der Waals surface area contributed by atoms with Crippen molar-refractivity contribution in [3.8, 4) is 0 Å². The van der Waals surface area contributed by atoms with Gasteiger partial charge in [-0.3, -0.25) is 19.5 Å². The largest absolute Gasteiger partial charge is 0.370 e. The van der Waals surface area contributed by atoms with E-state index in [0.717, 1.165) is 16.6 Å². The van der Waals surface area contributed by atoms with Crippen molar-refractivity contribution in [3.05, 3.63) is 29.3 Å². The summed E-state index contributed by atoms with van der Waals surface area (Å²) < 4.78 is 0.966. The number of fused-ring (bicyclic) bond motifs is 1. The number of Topliss-reactive ketones (excluding diaryl/α,β-unsaturated/α-hetero) is 1. The van der Waals surface area contributed by atoms with Crippen molar-refractivity contribution in [2.24, 2.45) is 22.2 Å². The number of nitrogens with two attached hydrogens (primary N) is 3. The van der Waals surface area contributed by atoms with E-state index in [1.54, 1.807) is 0 Å². The average Bonchev–Trinajstić information content (AvgIpc) is 3.27. The van der Waals surface area contributed by atoms with Crippen LogP contribution in [0.4, 0.5) is 0 Å². The fraction of sp³-hybridized carbons (Fsp3) is 0.444. The molecule has 144 valence electrons. The van der Waals surface area contributed by atoms with Crippen molar-refractivity contribution >= 4 is 39.2 Å². The molecular weight excluding hydrogens is 364 g/mol. The van der Waals surface area contributed by atoms with Crippen LogP contribution in [0.3, 0.4) is 0 Å². The Bertz CT molecular complexity index is 827. The molecule has 1 fully saturated rings. The third-order valence-corrected chi connectivity index (χ3v) is 5.81. The predicted molar refractivity (Wildman–Crippen MR) is 107 cm³/mol. The molecule has 27 heavy (non-hydrogen) atoms. The summed E-state index contributed by atoms with van der Waals surface area (Å²) in [6.45, 7) is 1.10. The Morgan fingerprint density at radius 1 is 1.30 bits per heavy atom. The first-order valence-corrected chi connectivity index (χ1v) is 9.79. The van der Waals surface area contributed by atoms with Gasteiger partial charge in [0.05, 0.1) is 22.3 Å². The highest BCUT2D eigenvalue weighted by molar-refractivity contribution is 7.20. The van der Waals surface area contributed by atoms with E-state index in [1.165, 1.54) is 11.3 Å². The molecular formula is C18H24N6O2S. The van der Waals surface area contributed by atoms with Gasteiger partial charge in [-0.05, 0) is 44.4 Å². The molecule has 3 rings (SSSR count). The lowest BCUT2D eigenvalue weighted by molar-refractivity contribution is -0.122. The summed E-state index contributed by atoms with van der Waals surface area (Å²) in [4.78, 5) is 35.5. The zero-order chi connectivity index (χ0) is 19.4. The van der Waals surface area contributed by atoms with Crippen LogP contribution in [0.15, 0.2) is 29.3 Å². The van der Waals surface area contributed by atoms with Gasteiger partial charge in [0.25, 0.3) is 0 Å². The average molecular weight is 388 g/mol. The molecule has 1 aromatic carbocycles. The van der Waals surface area contributed by atoms with Gasteiger partial charge < -0.3 is 17.2 Å². The van der Waals surface area contributed by atoms with Crippen molar-refractivity contribution in [1.29, 1.82) is 0 Å². The quantitative estimate of drug-likeness (QED) is 0.265. The van der Waals surface area contributed by atoms with Gasteiger partial charge in [-0.25, -0.2) is 4.98 Å². The van der Waals surface area contributed by atoms with Gasteiger partial charge in [0.1, 0.15) is 0 Å². The number of nitrogens with zero attached hydrogens (tertiary/aromatic N) is 3. The molecule has 2 aromatic rings. The van der Waals surface area contributed by atoms with Crippen LogP contribution in [0.1, 0.15) is 35.5 Å². The summed E-state index contributed by atoms with van der Waals surface area (Å²) in [5.74, 6) is -0.437. The third-order valence-electron chi connectivity index (χ3n) is 4.76. The van der Waals surface area contributed by atoms with Crippen LogP contribution in [-0.2, 0) is 4.79 Å². The number of amides is 1. The molecule has 1 aliphatic heterocycles. The van der Waals surface area contributed by atoms with Crippen LogP contribution >= 0.6 is 11.3 Å². The second-order valence-corrected chi connectivity index (χ2v) is 7.64. The number of rotatable bonds is 8. The van der Waals surface area contributed by atoms with E-state index >= 15 is 0 Å². The van der Waals surface area contributed by atoms with Gasteiger partial charge in [0, 0.05) is 6.54 Å². The van der Waals surface area contributed by atoms with E-state index in [0.29, 0.717) is 37.4 Å². The number of hydrogen-bond donors (Lipinski definition) is 3. The number of carbonyl (C=O) groups excluding carboxylic acids is 2. The van der Waals surface area contributed by atoms with Gasteiger partial charge in [0.2, 0.25) is 11.7 Å². The van der Waals surface area contributed by atoms with Crippen LogP contribution in [0.2, 0.25) is 0 Å². The topological polar surface area (TPSA) is 141 Å². The maximum atomic E-state index is 13.3. The van der Waals surface area contributed by atoms with Crippen molar-refractivity contribution in [1.82, 2.24) is 9.88 Å². The molecule has 9 heteroatoms. The minimum atomic E-state index is -0.459. The maximum Gasteiger partial charge on any atom is 0.234 e. The molecule has 2 heterocycles. The number of ketones is 1. The van der Waals surface area contributed by atoms with Crippen LogP contribution in [0.5, 0.6) is 0 Å². The van der Waals surface area contributed by atoms with Crippen molar-refractivity contribution < 1.29 is 9.59 Å². The summed E-state index contributed by atoms with van der Waals surface area (Å²) in [5.41, 5.74) is 17.1. The second-order valence-electron chi connectivity index (χ2n) is 6.61. The highest BCUT2D eigenvalue weighted by Gasteiger charge is 2.38. The van der Waals surface area contributed by atoms with Crippen molar-refractivity contribution in [3.63, 3.8) is 0 Å². The molecule has 0 saturated carbocycles. The molecule has 0 radical (unpaired) electrons. The number of thiazole rings is 1. The summed E-state index contributed by atoms with van der Waals surface area (Å²) in [5, 5.41) is 0.457. The Morgan fingerprint density at radius 2 is 2.07 bits per heavy atom. The van der Waals surface area contributed by atoms with E-state index in [1.807, 2.05) is 29.2 Å². The summed E-state index contributed by atoms with van der Waals surface area (Å²) in [6.07, 6.45) is 2.68. The molecule has 6 N–H and O–H groups in total. The molecule has 0 unspecified atom stereocenters. The molecule has 8 nitrogen and oxygen atoms in total. The monoisotopic (exact) mass is 388 g/mol. The lowest BCUT2D eigenvalue weighted by Crippen LogP contribution is -2.49. The first-order valence-electron chi connectivity index (χ1n) is 8.97. The number of hydrogen-bond acceptors (Lipinski definition) is 6. The fourth-order valence-corrected chi connectivity index (χ4v) is 4.48. The zero-order valence-corrected chi connectivity index (χ0v) is 15.8. The molecule has 1 aliphatic rings. The van der Waals surface area contributed by atoms with Crippen molar-refractivity contribution in [2.45, 2.75) is 37.8 Å². The van der Waals surface area contributed by atoms with Crippen molar-refractivity contribution in [2.75, 3.05) is 13.1 Å². The number of aliphatic imine (C=N–C) groups is 1. The number of likely N-dealkylation sites (tertiary alicyclic amines) is 1. The Balaban J connectivity index is 1.84. The Morgan fingerprint density at radius 3 is 2.78 bits per heavy atom. The van der Waals surface area contributed by atoms with Gasteiger partial charge in [-0.2, -0.15) is 0 Å². The number of para-hydroxylation sites is 1. The second kappa shape index (κ2) is 8.45. The lowest BCUT2D eigenvalue weighted by atomic mass is 10.0. The summed E-state index contributed by atoms with van der Waals surface area (Å²) in [7, 11) is 0. The SMILES string of the molecule is NC(=O)[C@@H]1CCCN1[C@@H](CCCN=C(N)N)C(=O)c1nc2ccccc2s1. The minimum Gasteiger partial charge on any atom is -0.370 e. The Labute approximate surface area is 161 Å². The van der Waals surface area contributed by atoms with E-state index < -0.39 is 12.1 Å². The highest BCUT2D eigenvalue weighted by atomic mass is 32.1. The number of benzene rings is 1. The zero-order valence-electron chi connectivity index (χ0n) is 15.0. The fourth-order valence-electron chi connectivity index (χ4n) is 3.53. The Kier molecular flexibility index (Phi) is 6.02. The van der Waals surface area contributed by atoms with Crippen LogP contribution in [0.25, 0.3) is 10.2 Å². The number of primary amides is 1. The van der Waals surface area contributed by atoms with Crippen LogP contribution < -0.4 is 17.2 Å². The minimum absolute atomic E-state index is 0.0280. The van der Waals surface area contributed by atoms with Crippen LogP contribution in [0, 0.1) is 0 Å². The third kappa shape index (κ3) is 4.42. The standard InChI is InChI=1S/C18H24N6O2S/c19-16(26)13-7-4-10-24(13)12(6-3-9-22-18(20)21)15(25)17-23-11-5-1-2-8-14(11)27-17/h1-2,5,8,12-13H,3-4,6-7,9-10H2,(H2,19,26)(H4,20,21,22)/t12-,13-/m0/s1. The smallest absolute Gasteiger partial charge is 0.234 e. The lowest BCUT2D eigenvalue weighted by Gasteiger charge is -2.30. The molecule has 0 aliphatic carbocycles. The van der Waals surface area contributed by atoms with Gasteiger partial charge in [-0.1, -0.05) is 12.1 Å². The molecule has 1 saturated heterocycles. The summed E-state index contributed by atoms with van der Waals surface area (Å²) in [6, 6.07) is 6.77. The molecule has 2 atom stereocenters. The number of carbonyl (C=O) groups is 2. The first kappa shape index (κ1) is 19.2. The normalized spacial score (nSPS) is 18.4. The van der Waals surface area contributed by atoms with Gasteiger partial charge in [-0.15, -0.1) is 11.3 Å². The van der Waals surface area contributed by atoms with Gasteiger partial charge in [0.15, 0.2) is 11.0 Å². The van der Waals surface area contributed by atoms with Crippen LogP contribution in [-0.4, -0.2) is 52.7 Å². The van der Waals surface area contributed by atoms with E-state index in [-0.39, 0.29) is 17.6 Å². The highest BCUT2D eigenvalue weighted by Crippen LogP contribution is 2.28. The number of aromatic nitrogens is 1. The molecule has 1 aromatic heterocycles. The van der Waals surface area contributed by atoms with E-state index in [9.17, 15) is 9.59 Å².